The van der Waals surface area contributed by atoms with Crippen molar-refractivity contribution in [3.63, 3.8) is 0 Å². The molecule has 0 saturated heterocycles. The molecule has 2 aromatic carbocycles. The number of pyridine rings is 1. The lowest BCUT2D eigenvalue weighted by atomic mass is 9.82. The number of rotatable bonds is 4. The zero-order chi connectivity index (χ0) is 28.0. The van der Waals surface area contributed by atoms with Gasteiger partial charge in [-0.1, -0.05) is 36.7 Å². The maximum Gasteiger partial charge on any atom is 0.251 e. The molecule has 4 atom stereocenters. The third kappa shape index (κ3) is 3.86. The molecule has 41 heavy (non-hydrogen) atoms. The van der Waals surface area contributed by atoms with Gasteiger partial charge in [0.15, 0.2) is 0 Å². The van der Waals surface area contributed by atoms with E-state index in [0.29, 0.717) is 41.3 Å². The summed E-state index contributed by atoms with van der Waals surface area (Å²) in [6.45, 7) is 1.94. The number of ketones is 1. The van der Waals surface area contributed by atoms with Crippen LogP contribution >= 0.6 is 11.6 Å². The number of nitrogens with zero attached hydrogens (tertiary/aromatic N) is 6. The summed E-state index contributed by atoms with van der Waals surface area (Å²) in [7, 11) is 0. The number of hydrogen-bond donors (Lipinski definition) is 0. The molecular weight excluding hydrogens is 543 g/mol. The van der Waals surface area contributed by atoms with Crippen LogP contribution in [-0.2, 0) is 17.6 Å². The fraction of sp³-hybridized carbons (Fsp3) is 0.290. The summed E-state index contributed by atoms with van der Waals surface area (Å²) in [5.74, 6) is 0.178. The second-order valence-electron chi connectivity index (χ2n) is 11.5. The van der Waals surface area contributed by atoms with Gasteiger partial charge in [-0.15, -0.1) is 5.10 Å². The molecule has 8 rings (SSSR count). The third-order valence-electron chi connectivity index (χ3n) is 9.05. The number of carbonyl (C=O) groups excluding carboxylic acids is 1. The molecular formula is C31H24ClFN6O2. The maximum absolute atomic E-state index is 15.4. The molecule has 0 radical (unpaired) electrons. The van der Waals surface area contributed by atoms with E-state index >= 15 is 4.39 Å². The first kappa shape index (κ1) is 24.5. The van der Waals surface area contributed by atoms with E-state index in [9.17, 15) is 9.59 Å². The van der Waals surface area contributed by atoms with Gasteiger partial charge in [-0.3, -0.25) is 9.59 Å². The predicted octanol–water partition coefficient (Wildman–Crippen LogP) is 5.29. The highest BCUT2D eigenvalue weighted by Gasteiger charge is 2.55. The molecule has 4 aliphatic rings. The Bertz CT molecular complexity index is 1910. The number of halogens is 2. The van der Waals surface area contributed by atoms with Gasteiger partial charge in [0.1, 0.15) is 12.1 Å². The zero-order valence-electron chi connectivity index (χ0n) is 22.1. The molecule has 0 N–H and O–H groups in total. The molecule has 0 spiro atoms. The number of aromatic nitrogens is 5. The Kier molecular flexibility index (Phi) is 5.32. The quantitative estimate of drug-likeness (QED) is 0.313. The monoisotopic (exact) mass is 566 g/mol. The Balaban J connectivity index is 1.13. The van der Waals surface area contributed by atoms with Gasteiger partial charge in [0.2, 0.25) is 5.95 Å². The van der Waals surface area contributed by atoms with Crippen LogP contribution < -0.4 is 5.56 Å². The molecule has 8 nitrogen and oxygen atoms in total. The maximum atomic E-state index is 15.4. The van der Waals surface area contributed by atoms with E-state index in [-0.39, 0.29) is 35.1 Å². The van der Waals surface area contributed by atoms with E-state index in [1.807, 2.05) is 43.3 Å². The van der Waals surface area contributed by atoms with E-state index in [0.717, 1.165) is 39.9 Å². The summed E-state index contributed by atoms with van der Waals surface area (Å²) in [5.41, 5.74) is 7.15. The number of tetrazole rings is 1. The van der Waals surface area contributed by atoms with Crippen molar-refractivity contribution in [3.05, 3.63) is 98.6 Å². The summed E-state index contributed by atoms with van der Waals surface area (Å²) >= 11 is 6.35. The molecule has 0 bridgehead atoms. The van der Waals surface area contributed by atoms with Crippen molar-refractivity contribution in [2.75, 3.05) is 0 Å². The zero-order valence-corrected chi connectivity index (χ0v) is 22.8. The van der Waals surface area contributed by atoms with Crippen molar-refractivity contribution in [3.8, 4) is 16.8 Å². The molecule has 1 fully saturated rings. The number of hydrogen-bond acceptors (Lipinski definition) is 6. The second-order valence-corrected chi connectivity index (χ2v) is 12.0. The van der Waals surface area contributed by atoms with Gasteiger partial charge in [-0.25, -0.2) is 4.99 Å². The number of aliphatic imine (C=N–C) groups is 1. The normalized spacial score (nSPS) is 24.3. The number of fused-ring (bicyclic) bond motifs is 4. The van der Waals surface area contributed by atoms with Crippen LogP contribution in [0.25, 0.3) is 22.4 Å². The topological polar surface area (TPSA) is 95.0 Å². The fourth-order valence-electron chi connectivity index (χ4n) is 6.90. The number of Topliss-reactive ketones (excluding diaryl/α,β-unsaturated/α-hetero) is 1. The summed E-state index contributed by atoms with van der Waals surface area (Å²) in [4.78, 5) is 30.2. The highest BCUT2D eigenvalue weighted by atomic mass is 35.5. The lowest BCUT2D eigenvalue weighted by molar-refractivity contribution is -0.122. The lowest BCUT2D eigenvalue weighted by Crippen LogP contribution is -2.29. The van der Waals surface area contributed by atoms with Crippen molar-refractivity contribution in [1.29, 1.82) is 0 Å². The van der Waals surface area contributed by atoms with E-state index in [1.165, 1.54) is 6.33 Å². The molecule has 1 saturated carbocycles. The van der Waals surface area contributed by atoms with Gasteiger partial charge in [0, 0.05) is 58.3 Å². The molecule has 2 aliphatic carbocycles. The van der Waals surface area contributed by atoms with E-state index in [2.05, 4.69) is 20.5 Å². The van der Waals surface area contributed by atoms with Crippen LogP contribution in [-0.4, -0.2) is 36.3 Å². The van der Waals surface area contributed by atoms with Crippen molar-refractivity contribution >= 4 is 28.7 Å². The summed E-state index contributed by atoms with van der Waals surface area (Å²) in [5, 5.41) is 12.0. The molecule has 2 aromatic heterocycles. The van der Waals surface area contributed by atoms with Gasteiger partial charge in [-0.2, -0.15) is 9.07 Å². The minimum atomic E-state index is -0.486. The first-order valence-corrected chi connectivity index (χ1v) is 14.1. The van der Waals surface area contributed by atoms with Crippen LogP contribution in [0.15, 0.2) is 70.6 Å². The molecule has 0 amide bonds. The minimum Gasteiger partial charge on any atom is -0.303 e. The Morgan fingerprint density at radius 2 is 1.88 bits per heavy atom. The van der Waals surface area contributed by atoms with Crippen LogP contribution in [0.5, 0.6) is 0 Å². The molecule has 204 valence electrons. The smallest absolute Gasteiger partial charge is 0.251 e. The van der Waals surface area contributed by atoms with Crippen LogP contribution in [0, 0.1) is 11.8 Å². The van der Waals surface area contributed by atoms with Crippen LogP contribution in [0.2, 0.25) is 5.02 Å². The van der Waals surface area contributed by atoms with Gasteiger partial charge in [-0.05, 0) is 75.7 Å². The van der Waals surface area contributed by atoms with E-state index in [1.54, 1.807) is 21.4 Å². The number of carbonyl (C=O) groups is 1. The van der Waals surface area contributed by atoms with Gasteiger partial charge < -0.3 is 4.57 Å². The second kappa shape index (κ2) is 8.88. The van der Waals surface area contributed by atoms with Gasteiger partial charge >= 0.3 is 0 Å². The average Bonchev–Trinajstić information content (AvgIpc) is 3.25. The average molecular weight is 567 g/mol. The highest BCUT2D eigenvalue weighted by Crippen LogP contribution is 2.60. The van der Waals surface area contributed by atoms with Gasteiger partial charge in [0.05, 0.1) is 11.7 Å². The Morgan fingerprint density at radius 1 is 1.00 bits per heavy atom. The summed E-state index contributed by atoms with van der Waals surface area (Å²) < 4.78 is 18.7. The standard InChI is InChI=1S/C31H24ClFN6O2/c1-15-6-18-7-17(3-2-16(18)9-28(15)40)22-13-25(35-31(22)33)30-24-12-23(24)27-8-19(10-29(41)39(27)30)21-11-20(32)4-5-26(21)38-14-34-36-37-38/h2-5,7-8,10-11,14-15,23-24,30H,6,9,12-13H2,1H3/t15?,23-,24+,30+/m1/s1. The summed E-state index contributed by atoms with van der Waals surface area (Å²) in [6, 6.07) is 14.6. The van der Waals surface area contributed by atoms with Crippen molar-refractivity contribution in [1.82, 2.24) is 24.8 Å². The molecule has 10 heteroatoms. The molecule has 1 unspecified atom stereocenters. The number of allylic oxidation sites excluding steroid dienone is 1. The van der Waals surface area contributed by atoms with Crippen molar-refractivity contribution < 1.29 is 9.18 Å². The lowest BCUT2D eigenvalue weighted by Gasteiger charge is -2.22. The highest BCUT2D eigenvalue weighted by molar-refractivity contribution is 6.31. The Hall–Kier alpha value is -4.24. The first-order valence-electron chi connectivity index (χ1n) is 13.8. The largest absolute Gasteiger partial charge is 0.303 e. The molecule has 2 aliphatic heterocycles. The van der Waals surface area contributed by atoms with Crippen LogP contribution in [0.4, 0.5) is 4.39 Å². The van der Waals surface area contributed by atoms with Gasteiger partial charge in [0.25, 0.3) is 5.56 Å². The van der Waals surface area contributed by atoms with E-state index in [4.69, 9.17) is 11.6 Å². The molecule has 4 heterocycles. The van der Waals surface area contributed by atoms with Crippen LogP contribution in [0.1, 0.15) is 54.1 Å². The molecule has 4 aromatic rings. The number of benzene rings is 2. The first-order chi connectivity index (χ1) is 19.9. The SMILES string of the molecule is CC1Cc2cc(C3=C(F)N=C([C@@H]4[C@H]5C[C@H]5c5cc(-c6cc(Cl)ccc6-n6cnnn6)cc(=O)n54)C3)ccc2CC1=O. The van der Waals surface area contributed by atoms with E-state index < -0.39 is 5.95 Å². The fourth-order valence-corrected chi connectivity index (χ4v) is 7.07. The van der Waals surface area contributed by atoms with Crippen molar-refractivity contribution in [2.45, 2.75) is 44.6 Å². The van der Waals surface area contributed by atoms with Crippen LogP contribution in [0.3, 0.4) is 0 Å². The van der Waals surface area contributed by atoms with Crippen molar-refractivity contribution in [2.24, 2.45) is 16.8 Å². The minimum absolute atomic E-state index is 0.0265. The predicted molar refractivity (Wildman–Crippen MR) is 152 cm³/mol. The summed E-state index contributed by atoms with van der Waals surface area (Å²) in [6.07, 6.45) is 3.89. The third-order valence-corrected chi connectivity index (χ3v) is 9.29. The Labute approximate surface area is 239 Å². The Morgan fingerprint density at radius 3 is 2.71 bits per heavy atom.